The number of fused-ring (bicyclic) bond motifs is 1. The number of benzene rings is 2. The Morgan fingerprint density at radius 3 is 2.73 bits per heavy atom. The summed E-state index contributed by atoms with van der Waals surface area (Å²) in [7, 11) is 1.41. The van der Waals surface area contributed by atoms with Gasteiger partial charge in [0, 0.05) is 30.7 Å². The average Bonchev–Trinajstić information content (AvgIpc) is 2.67. The quantitative estimate of drug-likeness (QED) is 0.766. The predicted octanol–water partition coefficient (Wildman–Crippen LogP) is 3.32. The SMILES string of the molecule is CO[C@@H](Cc1ccc(OCCN2CCSc3ccccc32)cc1)C(=O)O. The molecule has 2 aromatic rings. The first-order chi connectivity index (χ1) is 12.7. The Labute approximate surface area is 157 Å². The molecule has 26 heavy (non-hydrogen) atoms. The fourth-order valence-corrected chi connectivity index (χ4v) is 3.99. The van der Waals surface area contributed by atoms with E-state index in [0.29, 0.717) is 13.0 Å². The number of methoxy groups -OCH3 is 1. The molecule has 0 amide bonds. The van der Waals surface area contributed by atoms with Crippen LogP contribution in [0.5, 0.6) is 5.75 Å². The number of para-hydroxylation sites is 1. The van der Waals surface area contributed by atoms with E-state index in [1.54, 1.807) is 0 Å². The molecule has 0 bridgehead atoms. The molecule has 0 aliphatic carbocycles. The van der Waals surface area contributed by atoms with Crippen LogP contribution in [0.25, 0.3) is 0 Å². The van der Waals surface area contributed by atoms with Gasteiger partial charge in [0.1, 0.15) is 12.4 Å². The van der Waals surface area contributed by atoms with E-state index in [1.807, 2.05) is 36.0 Å². The van der Waals surface area contributed by atoms with Crippen LogP contribution in [0, 0.1) is 0 Å². The van der Waals surface area contributed by atoms with Crippen molar-refractivity contribution in [1.29, 1.82) is 0 Å². The molecule has 0 aromatic heterocycles. The summed E-state index contributed by atoms with van der Waals surface area (Å²) in [6.45, 7) is 2.47. The standard InChI is InChI=1S/C20H23NO4S/c1-24-18(20(22)23)14-15-6-8-16(9-7-15)25-12-10-21-11-13-26-19-5-3-2-4-17(19)21/h2-9,18H,10-14H2,1H3,(H,22,23)/t18-/m0/s1. The number of hydrogen-bond donors (Lipinski definition) is 1. The third-order valence-electron chi connectivity index (χ3n) is 4.36. The molecule has 0 fully saturated rings. The molecule has 0 unspecified atom stereocenters. The van der Waals surface area contributed by atoms with Crippen molar-refractivity contribution in [3.63, 3.8) is 0 Å². The van der Waals surface area contributed by atoms with E-state index in [0.717, 1.165) is 30.2 Å². The van der Waals surface area contributed by atoms with E-state index in [1.165, 1.54) is 17.7 Å². The highest BCUT2D eigenvalue weighted by molar-refractivity contribution is 7.99. The van der Waals surface area contributed by atoms with Crippen LogP contribution < -0.4 is 9.64 Å². The summed E-state index contributed by atoms with van der Waals surface area (Å²) in [4.78, 5) is 14.7. The lowest BCUT2D eigenvalue weighted by molar-refractivity contribution is -0.148. The van der Waals surface area contributed by atoms with Crippen molar-refractivity contribution >= 4 is 23.4 Å². The highest BCUT2D eigenvalue weighted by Crippen LogP contribution is 2.33. The maximum atomic E-state index is 11.0. The van der Waals surface area contributed by atoms with Gasteiger partial charge in [0.05, 0.1) is 12.2 Å². The molecule has 2 aromatic carbocycles. The largest absolute Gasteiger partial charge is 0.492 e. The van der Waals surface area contributed by atoms with Gasteiger partial charge >= 0.3 is 5.97 Å². The first kappa shape index (κ1) is 18.6. The molecule has 0 saturated carbocycles. The number of nitrogens with zero attached hydrogens (tertiary/aromatic N) is 1. The van der Waals surface area contributed by atoms with Gasteiger partial charge in [0.25, 0.3) is 0 Å². The molecule has 1 N–H and O–H groups in total. The summed E-state index contributed by atoms with van der Waals surface area (Å²) >= 11 is 1.90. The van der Waals surface area contributed by atoms with Gasteiger partial charge in [-0.05, 0) is 29.8 Å². The van der Waals surface area contributed by atoms with Crippen LogP contribution in [0.2, 0.25) is 0 Å². The molecule has 0 radical (unpaired) electrons. The van der Waals surface area contributed by atoms with E-state index in [-0.39, 0.29) is 0 Å². The van der Waals surface area contributed by atoms with Gasteiger partial charge in [0.2, 0.25) is 0 Å². The monoisotopic (exact) mass is 373 g/mol. The van der Waals surface area contributed by atoms with Crippen molar-refractivity contribution in [3.05, 3.63) is 54.1 Å². The molecule has 0 saturated heterocycles. The molecule has 1 heterocycles. The Bertz CT molecular complexity index is 735. The molecule has 0 spiro atoms. The smallest absolute Gasteiger partial charge is 0.333 e. The molecule has 1 aliphatic heterocycles. The molecular formula is C20H23NO4S. The molecule has 1 aliphatic rings. The summed E-state index contributed by atoms with van der Waals surface area (Å²) in [6.07, 6.45) is -0.479. The summed E-state index contributed by atoms with van der Waals surface area (Å²) in [5, 5.41) is 9.04. The zero-order valence-corrected chi connectivity index (χ0v) is 15.6. The van der Waals surface area contributed by atoms with Gasteiger partial charge in [-0.2, -0.15) is 0 Å². The lowest BCUT2D eigenvalue weighted by atomic mass is 10.1. The minimum absolute atomic E-state index is 0.342. The predicted molar refractivity (Wildman–Crippen MR) is 103 cm³/mol. The molecule has 138 valence electrons. The second-order valence-electron chi connectivity index (χ2n) is 6.06. The van der Waals surface area contributed by atoms with E-state index < -0.39 is 12.1 Å². The zero-order chi connectivity index (χ0) is 18.4. The Balaban J connectivity index is 1.51. The van der Waals surface area contributed by atoms with E-state index in [9.17, 15) is 4.79 Å². The summed E-state index contributed by atoms with van der Waals surface area (Å²) < 4.78 is 10.8. The Hall–Kier alpha value is -2.18. The average molecular weight is 373 g/mol. The second-order valence-corrected chi connectivity index (χ2v) is 7.20. The highest BCUT2D eigenvalue weighted by atomic mass is 32.2. The van der Waals surface area contributed by atoms with Gasteiger partial charge in [-0.15, -0.1) is 11.8 Å². The number of aliphatic carboxylic acids is 1. The second kappa shape index (κ2) is 8.96. The lowest BCUT2D eigenvalue weighted by Gasteiger charge is -2.30. The van der Waals surface area contributed by atoms with E-state index in [2.05, 4.69) is 29.2 Å². The topological polar surface area (TPSA) is 59.0 Å². The number of hydrogen-bond acceptors (Lipinski definition) is 5. The lowest BCUT2D eigenvalue weighted by Crippen LogP contribution is -2.33. The van der Waals surface area contributed by atoms with Crippen LogP contribution in [-0.2, 0) is 16.0 Å². The van der Waals surface area contributed by atoms with Crippen molar-refractivity contribution in [3.8, 4) is 5.75 Å². The van der Waals surface area contributed by atoms with Crippen LogP contribution in [0.1, 0.15) is 5.56 Å². The van der Waals surface area contributed by atoms with Crippen LogP contribution in [0.4, 0.5) is 5.69 Å². The highest BCUT2D eigenvalue weighted by Gasteiger charge is 2.17. The molecule has 1 atom stereocenters. The van der Waals surface area contributed by atoms with Gasteiger partial charge in [-0.1, -0.05) is 24.3 Å². The molecule has 3 rings (SSSR count). The van der Waals surface area contributed by atoms with Crippen LogP contribution in [0.3, 0.4) is 0 Å². The number of anilines is 1. The number of carbonyl (C=O) groups is 1. The van der Waals surface area contributed by atoms with Crippen LogP contribution in [0.15, 0.2) is 53.4 Å². The zero-order valence-electron chi connectivity index (χ0n) is 14.8. The Kier molecular flexibility index (Phi) is 6.41. The fraction of sp³-hybridized carbons (Fsp3) is 0.350. The molecular weight excluding hydrogens is 350 g/mol. The Morgan fingerprint density at radius 2 is 2.00 bits per heavy atom. The first-order valence-corrected chi connectivity index (χ1v) is 9.60. The minimum Gasteiger partial charge on any atom is -0.492 e. The van der Waals surface area contributed by atoms with Crippen molar-refractivity contribution in [2.24, 2.45) is 0 Å². The summed E-state index contributed by atoms with van der Waals surface area (Å²) in [5.41, 5.74) is 2.19. The first-order valence-electron chi connectivity index (χ1n) is 8.61. The number of thioether (sulfide) groups is 1. The van der Waals surface area contributed by atoms with E-state index in [4.69, 9.17) is 14.6 Å². The maximum absolute atomic E-state index is 11.0. The third-order valence-corrected chi connectivity index (χ3v) is 5.40. The summed E-state index contributed by atoms with van der Waals surface area (Å²) in [5.74, 6) is 0.932. The van der Waals surface area contributed by atoms with Gasteiger partial charge in [0.15, 0.2) is 6.10 Å². The van der Waals surface area contributed by atoms with Crippen molar-refractivity contribution in [1.82, 2.24) is 0 Å². The molecule has 6 heteroatoms. The van der Waals surface area contributed by atoms with Crippen LogP contribution >= 0.6 is 11.8 Å². The normalized spacial score (nSPS) is 14.6. The van der Waals surface area contributed by atoms with Crippen LogP contribution in [-0.4, -0.2) is 49.7 Å². The number of rotatable bonds is 8. The fourth-order valence-electron chi connectivity index (χ4n) is 2.94. The Morgan fingerprint density at radius 1 is 1.23 bits per heavy atom. The number of carboxylic acids is 1. The third kappa shape index (κ3) is 4.71. The summed E-state index contributed by atoms with van der Waals surface area (Å²) in [6, 6.07) is 16.0. The van der Waals surface area contributed by atoms with Crippen molar-refractivity contribution in [2.45, 2.75) is 17.4 Å². The maximum Gasteiger partial charge on any atom is 0.333 e. The minimum atomic E-state index is -0.951. The van der Waals surface area contributed by atoms with Gasteiger partial charge in [-0.3, -0.25) is 0 Å². The van der Waals surface area contributed by atoms with Crippen molar-refractivity contribution in [2.75, 3.05) is 37.5 Å². The number of ether oxygens (including phenoxy) is 2. The molecule has 5 nitrogen and oxygen atoms in total. The van der Waals surface area contributed by atoms with Gasteiger partial charge in [-0.25, -0.2) is 4.79 Å². The van der Waals surface area contributed by atoms with Gasteiger partial charge < -0.3 is 19.5 Å². The number of carboxylic acid groups (broad SMARTS) is 1. The van der Waals surface area contributed by atoms with Crippen molar-refractivity contribution < 1.29 is 19.4 Å². The van der Waals surface area contributed by atoms with E-state index >= 15 is 0 Å².